The summed E-state index contributed by atoms with van der Waals surface area (Å²) in [5, 5.41) is 8.92. The van der Waals surface area contributed by atoms with Gasteiger partial charge in [-0.1, -0.05) is 24.3 Å². The number of benzene rings is 2. The van der Waals surface area contributed by atoms with E-state index in [1.54, 1.807) is 11.5 Å². The lowest BCUT2D eigenvalue weighted by atomic mass is 9.82. The Hall–Kier alpha value is -2.53. The highest BCUT2D eigenvalue weighted by Crippen LogP contribution is 2.41. The van der Waals surface area contributed by atoms with Crippen LogP contribution in [0.5, 0.6) is 5.75 Å². The minimum absolute atomic E-state index is 0.146. The molecule has 1 amide bonds. The number of carbonyl (C=O) groups excluding carboxylic acids is 1. The molecule has 2 aromatic carbocycles. The van der Waals surface area contributed by atoms with Crippen molar-refractivity contribution in [1.82, 2.24) is 5.48 Å². The van der Waals surface area contributed by atoms with E-state index in [0.717, 1.165) is 50.1 Å². The van der Waals surface area contributed by atoms with Crippen LogP contribution >= 0.6 is 0 Å². The molecule has 5 nitrogen and oxygen atoms in total. The fraction of sp³-hybridized carbons (Fsp3) is 0.350. The molecule has 5 heteroatoms. The van der Waals surface area contributed by atoms with Gasteiger partial charge in [-0.25, -0.2) is 5.48 Å². The van der Waals surface area contributed by atoms with Crippen molar-refractivity contribution in [3.63, 3.8) is 0 Å². The number of rotatable bonds is 2. The summed E-state index contributed by atoms with van der Waals surface area (Å²) in [5.41, 5.74) is 4.23. The molecule has 2 aliphatic rings. The Morgan fingerprint density at radius 1 is 1.04 bits per heavy atom. The molecule has 1 spiro atoms. The molecule has 2 aliphatic heterocycles. The largest absolute Gasteiger partial charge is 0.487 e. The van der Waals surface area contributed by atoms with Crippen LogP contribution in [-0.4, -0.2) is 29.8 Å². The normalized spacial score (nSPS) is 18.4. The lowest BCUT2D eigenvalue weighted by Crippen LogP contribution is -2.50. The van der Waals surface area contributed by atoms with Crippen molar-refractivity contribution < 1.29 is 14.7 Å². The summed E-state index contributed by atoms with van der Waals surface area (Å²) in [5.74, 6) is 0.302. The first-order valence-electron chi connectivity index (χ1n) is 8.76. The van der Waals surface area contributed by atoms with Gasteiger partial charge in [0.1, 0.15) is 11.4 Å². The van der Waals surface area contributed by atoms with E-state index >= 15 is 0 Å². The summed E-state index contributed by atoms with van der Waals surface area (Å²) in [6.07, 6.45) is 3.64. The lowest BCUT2D eigenvalue weighted by Gasteiger charge is -2.45. The van der Waals surface area contributed by atoms with Gasteiger partial charge in [0.2, 0.25) is 0 Å². The molecule has 0 atom stereocenters. The molecule has 0 saturated carbocycles. The molecule has 2 N–H and O–H groups in total. The van der Waals surface area contributed by atoms with Crippen molar-refractivity contribution in [2.45, 2.75) is 31.3 Å². The Morgan fingerprint density at radius 3 is 2.52 bits per heavy atom. The molecular formula is C20H22N2O3. The van der Waals surface area contributed by atoms with Gasteiger partial charge in [0.15, 0.2) is 0 Å². The van der Waals surface area contributed by atoms with Gasteiger partial charge >= 0.3 is 0 Å². The molecule has 2 aromatic rings. The molecule has 0 aliphatic carbocycles. The third kappa shape index (κ3) is 2.96. The van der Waals surface area contributed by atoms with Crippen LogP contribution in [0.15, 0.2) is 48.5 Å². The summed E-state index contributed by atoms with van der Waals surface area (Å²) in [6, 6.07) is 15.9. The number of hydrogen-bond acceptors (Lipinski definition) is 4. The van der Waals surface area contributed by atoms with Crippen molar-refractivity contribution in [2.24, 2.45) is 0 Å². The van der Waals surface area contributed by atoms with Crippen LogP contribution in [0, 0.1) is 0 Å². The van der Waals surface area contributed by atoms with Gasteiger partial charge in [-0.15, -0.1) is 0 Å². The van der Waals surface area contributed by atoms with Gasteiger partial charge in [-0.05, 0) is 37.1 Å². The van der Waals surface area contributed by atoms with E-state index in [-0.39, 0.29) is 5.60 Å². The number of ether oxygens (including phenoxy) is 1. The first-order valence-corrected chi connectivity index (χ1v) is 8.76. The van der Waals surface area contributed by atoms with E-state index in [9.17, 15) is 4.79 Å². The van der Waals surface area contributed by atoms with E-state index in [1.165, 1.54) is 5.69 Å². The van der Waals surface area contributed by atoms with E-state index in [0.29, 0.717) is 5.56 Å². The van der Waals surface area contributed by atoms with Gasteiger partial charge in [0, 0.05) is 42.7 Å². The van der Waals surface area contributed by atoms with Crippen LogP contribution in [0.2, 0.25) is 0 Å². The third-order valence-corrected chi connectivity index (χ3v) is 5.43. The van der Waals surface area contributed by atoms with Crippen LogP contribution in [0.3, 0.4) is 0 Å². The van der Waals surface area contributed by atoms with Crippen molar-refractivity contribution >= 4 is 11.6 Å². The molecule has 1 saturated heterocycles. The average Bonchev–Trinajstić information content (AvgIpc) is 2.68. The van der Waals surface area contributed by atoms with Gasteiger partial charge in [-0.3, -0.25) is 10.0 Å². The number of hydroxylamine groups is 1. The molecule has 0 unspecified atom stereocenters. The predicted octanol–water partition coefficient (Wildman–Crippen LogP) is 3.17. The molecule has 0 bridgehead atoms. The number of carbonyl (C=O) groups is 1. The number of para-hydroxylation sites is 1. The Kier molecular flexibility index (Phi) is 4.09. The minimum Gasteiger partial charge on any atom is -0.487 e. The van der Waals surface area contributed by atoms with Crippen LogP contribution in [-0.2, 0) is 6.42 Å². The number of piperidine rings is 1. The molecule has 1 fully saturated rings. The summed E-state index contributed by atoms with van der Waals surface area (Å²) < 4.78 is 6.39. The molecular weight excluding hydrogens is 316 g/mol. The lowest BCUT2D eigenvalue weighted by molar-refractivity contribution is 0.0221. The Bertz CT molecular complexity index is 768. The maximum atomic E-state index is 11.8. The summed E-state index contributed by atoms with van der Waals surface area (Å²) in [7, 11) is 0. The number of nitrogens with zero attached hydrogens (tertiary/aromatic N) is 1. The highest BCUT2D eigenvalue weighted by Gasteiger charge is 2.40. The van der Waals surface area contributed by atoms with Crippen molar-refractivity contribution in [3.05, 3.63) is 59.7 Å². The fourth-order valence-electron chi connectivity index (χ4n) is 3.99. The first-order chi connectivity index (χ1) is 12.2. The second kappa shape index (κ2) is 6.41. The Morgan fingerprint density at radius 2 is 1.80 bits per heavy atom. The van der Waals surface area contributed by atoms with Gasteiger partial charge < -0.3 is 9.64 Å². The number of anilines is 1. The Balaban J connectivity index is 1.51. The molecule has 0 aromatic heterocycles. The van der Waals surface area contributed by atoms with E-state index in [1.807, 2.05) is 18.2 Å². The summed E-state index contributed by atoms with van der Waals surface area (Å²) >= 11 is 0. The third-order valence-electron chi connectivity index (χ3n) is 5.43. The first kappa shape index (κ1) is 16.0. The number of fused-ring (bicyclic) bond motifs is 1. The van der Waals surface area contributed by atoms with Crippen LogP contribution < -0.4 is 15.1 Å². The van der Waals surface area contributed by atoms with Crippen molar-refractivity contribution in [3.8, 4) is 5.75 Å². The number of amides is 1. The van der Waals surface area contributed by atoms with Gasteiger partial charge in [0.05, 0.1) is 0 Å². The molecule has 25 heavy (non-hydrogen) atoms. The van der Waals surface area contributed by atoms with Crippen LogP contribution in [0.25, 0.3) is 0 Å². The molecule has 4 rings (SSSR count). The van der Waals surface area contributed by atoms with Crippen LogP contribution in [0.4, 0.5) is 5.69 Å². The fourth-order valence-corrected chi connectivity index (χ4v) is 3.99. The number of nitrogens with one attached hydrogen (secondary N) is 1. The monoisotopic (exact) mass is 338 g/mol. The van der Waals surface area contributed by atoms with Crippen molar-refractivity contribution in [1.29, 1.82) is 0 Å². The predicted molar refractivity (Wildman–Crippen MR) is 95.3 cm³/mol. The standard InChI is InChI=1S/C20H22N2O3/c23-19(21-24)17-7-4-8-18-16(17)9-10-20(25-18)11-13-22(14-12-20)15-5-2-1-3-6-15/h1-8,24H,9-14H2,(H,21,23). The maximum Gasteiger partial charge on any atom is 0.275 e. The van der Waals surface area contributed by atoms with Crippen molar-refractivity contribution in [2.75, 3.05) is 18.0 Å². The highest BCUT2D eigenvalue weighted by molar-refractivity contribution is 5.95. The molecule has 0 radical (unpaired) electrons. The van der Waals surface area contributed by atoms with E-state index < -0.39 is 5.91 Å². The molecule has 130 valence electrons. The minimum atomic E-state index is -0.477. The number of hydrogen-bond donors (Lipinski definition) is 2. The van der Waals surface area contributed by atoms with Crippen LogP contribution in [0.1, 0.15) is 35.2 Å². The zero-order valence-corrected chi connectivity index (χ0v) is 14.1. The Labute approximate surface area is 147 Å². The van der Waals surface area contributed by atoms with E-state index in [2.05, 4.69) is 29.2 Å². The average molecular weight is 338 g/mol. The highest BCUT2D eigenvalue weighted by atomic mass is 16.5. The maximum absolute atomic E-state index is 11.8. The molecule has 2 heterocycles. The smallest absolute Gasteiger partial charge is 0.275 e. The summed E-state index contributed by atoms with van der Waals surface area (Å²) in [4.78, 5) is 14.2. The van der Waals surface area contributed by atoms with Gasteiger partial charge in [0.25, 0.3) is 5.91 Å². The second-order valence-electron chi connectivity index (χ2n) is 6.83. The quantitative estimate of drug-likeness (QED) is 0.652. The SMILES string of the molecule is O=C(NO)c1cccc2c1CCC1(CCN(c3ccccc3)CC1)O2. The summed E-state index contributed by atoms with van der Waals surface area (Å²) in [6.45, 7) is 1.94. The zero-order chi connectivity index (χ0) is 17.3. The topological polar surface area (TPSA) is 61.8 Å². The van der Waals surface area contributed by atoms with E-state index in [4.69, 9.17) is 9.94 Å². The second-order valence-corrected chi connectivity index (χ2v) is 6.83. The van der Waals surface area contributed by atoms with Gasteiger partial charge in [-0.2, -0.15) is 0 Å². The zero-order valence-electron chi connectivity index (χ0n) is 14.1.